The molecule has 0 bridgehead atoms. The molecule has 0 unspecified atom stereocenters. The first-order valence-corrected chi connectivity index (χ1v) is 3.82. The maximum atomic E-state index is 13.0. The van der Waals surface area contributed by atoms with Crippen LogP contribution in [0.2, 0.25) is 0 Å². The van der Waals surface area contributed by atoms with Crippen molar-refractivity contribution in [2.24, 2.45) is 0 Å². The van der Waals surface area contributed by atoms with E-state index in [2.05, 4.69) is 0 Å². The summed E-state index contributed by atoms with van der Waals surface area (Å²) in [6, 6.07) is 4.79. The van der Waals surface area contributed by atoms with E-state index >= 15 is 0 Å². The third-order valence-corrected chi connectivity index (χ3v) is 2.04. The van der Waals surface area contributed by atoms with E-state index in [-0.39, 0.29) is 5.82 Å². The standard InChI is InChI=1S/C9H8BF/c10-7-3-4-9(11)8(5-7)6-1-2-6/h3-6H,1-2H2. The fourth-order valence-electron chi connectivity index (χ4n) is 1.27. The van der Waals surface area contributed by atoms with Gasteiger partial charge < -0.3 is 0 Å². The molecule has 0 amide bonds. The smallest absolute Gasteiger partial charge is 0.126 e. The average Bonchev–Trinajstić information content (AvgIpc) is 2.76. The highest BCUT2D eigenvalue weighted by Crippen LogP contribution is 2.40. The number of halogens is 1. The van der Waals surface area contributed by atoms with Crippen molar-refractivity contribution in [3.63, 3.8) is 0 Å². The monoisotopic (exact) mass is 146 g/mol. The van der Waals surface area contributed by atoms with E-state index in [1.165, 1.54) is 6.07 Å². The molecule has 0 aliphatic heterocycles. The zero-order valence-corrected chi connectivity index (χ0v) is 6.18. The third-order valence-electron chi connectivity index (χ3n) is 2.04. The zero-order chi connectivity index (χ0) is 7.84. The van der Waals surface area contributed by atoms with E-state index < -0.39 is 0 Å². The van der Waals surface area contributed by atoms with Crippen molar-refractivity contribution in [1.29, 1.82) is 0 Å². The van der Waals surface area contributed by atoms with Gasteiger partial charge in [-0.15, -0.1) is 0 Å². The maximum Gasteiger partial charge on any atom is 0.126 e. The summed E-state index contributed by atoms with van der Waals surface area (Å²) < 4.78 is 13.0. The molecule has 1 aliphatic carbocycles. The van der Waals surface area contributed by atoms with Crippen molar-refractivity contribution in [2.75, 3.05) is 0 Å². The number of hydrogen-bond acceptors (Lipinski definition) is 0. The average molecular weight is 146 g/mol. The second-order valence-electron chi connectivity index (χ2n) is 3.06. The Morgan fingerprint density at radius 1 is 1.36 bits per heavy atom. The first kappa shape index (κ1) is 6.90. The van der Waals surface area contributed by atoms with Crippen LogP contribution >= 0.6 is 0 Å². The van der Waals surface area contributed by atoms with Crippen LogP contribution in [0.3, 0.4) is 0 Å². The fourth-order valence-corrected chi connectivity index (χ4v) is 1.27. The summed E-state index contributed by atoms with van der Waals surface area (Å²) >= 11 is 0. The fraction of sp³-hybridized carbons (Fsp3) is 0.333. The summed E-state index contributed by atoms with van der Waals surface area (Å²) in [5.74, 6) is 0.334. The molecule has 1 saturated carbocycles. The number of benzene rings is 1. The Labute approximate surface area is 66.8 Å². The Hall–Kier alpha value is -0.785. The van der Waals surface area contributed by atoms with Gasteiger partial charge in [0.05, 0.1) is 0 Å². The summed E-state index contributed by atoms with van der Waals surface area (Å²) in [6.07, 6.45) is 2.22. The molecule has 1 aromatic rings. The van der Waals surface area contributed by atoms with Gasteiger partial charge in [0.1, 0.15) is 13.7 Å². The van der Waals surface area contributed by atoms with E-state index in [1.54, 1.807) is 12.1 Å². The molecule has 0 heterocycles. The predicted octanol–water partition coefficient (Wildman–Crippen LogP) is 1.50. The van der Waals surface area contributed by atoms with Crippen molar-refractivity contribution in [3.8, 4) is 0 Å². The molecule has 0 N–H and O–H groups in total. The first-order chi connectivity index (χ1) is 5.27. The van der Waals surface area contributed by atoms with Gasteiger partial charge in [-0.25, -0.2) is 4.39 Å². The first-order valence-electron chi connectivity index (χ1n) is 3.82. The van der Waals surface area contributed by atoms with Gasteiger partial charge >= 0.3 is 0 Å². The van der Waals surface area contributed by atoms with Crippen molar-refractivity contribution in [2.45, 2.75) is 18.8 Å². The van der Waals surface area contributed by atoms with Crippen LogP contribution in [0, 0.1) is 5.82 Å². The molecular weight excluding hydrogens is 138 g/mol. The van der Waals surface area contributed by atoms with Crippen LogP contribution < -0.4 is 5.46 Å². The second-order valence-corrected chi connectivity index (χ2v) is 3.06. The molecule has 54 valence electrons. The molecule has 0 atom stereocenters. The van der Waals surface area contributed by atoms with Crippen LogP contribution in [0.15, 0.2) is 18.2 Å². The third kappa shape index (κ3) is 1.30. The lowest BCUT2D eigenvalue weighted by atomic mass is 9.93. The van der Waals surface area contributed by atoms with Crippen molar-refractivity contribution >= 4 is 13.3 Å². The van der Waals surface area contributed by atoms with E-state index in [9.17, 15) is 4.39 Å². The van der Waals surface area contributed by atoms with Gasteiger partial charge in [-0.1, -0.05) is 17.6 Å². The molecule has 1 fully saturated rings. The maximum absolute atomic E-state index is 13.0. The minimum Gasteiger partial charge on any atom is -0.207 e. The molecule has 2 rings (SSSR count). The SMILES string of the molecule is [B]c1ccc(F)c(C2CC2)c1. The van der Waals surface area contributed by atoms with Gasteiger partial charge in [0.25, 0.3) is 0 Å². The van der Waals surface area contributed by atoms with Crippen LogP contribution in [-0.4, -0.2) is 7.85 Å². The summed E-state index contributed by atoms with van der Waals surface area (Å²) in [7, 11) is 5.53. The Balaban J connectivity index is 2.42. The van der Waals surface area contributed by atoms with Gasteiger partial charge in [-0.05, 0) is 30.4 Å². The molecule has 0 saturated heterocycles. The van der Waals surface area contributed by atoms with Crippen molar-refractivity contribution in [3.05, 3.63) is 29.6 Å². The Morgan fingerprint density at radius 2 is 2.09 bits per heavy atom. The van der Waals surface area contributed by atoms with Crippen LogP contribution in [0.5, 0.6) is 0 Å². The van der Waals surface area contributed by atoms with Gasteiger partial charge in [-0.2, -0.15) is 0 Å². The Morgan fingerprint density at radius 3 is 2.73 bits per heavy atom. The Bertz CT molecular complexity index is 279. The minimum absolute atomic E-state index is 0.110. The summed E-state index contributed by atoms with van der Waals surface area (Å²) in [6.45, 7) is 0. The molecule has 1 aromatic carbocycles. The quantitative estimate of drug-likeness (QED) is 0.526. The van der Waals surface area contributed by atoms with Gasteiger partial charge in [-0.3, -0.25) is 0 Å². The van der Waals surface area contributed by atoms with Crippen molar-refractivity contribution in [1.82, 2.24) is 0 Å². The summed E-state index contributed by atoms with van der Waals surface area (Å²) in [5.41, 5.74) is 1.46. The zero-order valence-electron chi connectivity index (χ0n) is 6.18. The lowest BCUT2D eigenvalue weighted by Gasteiger charge is -2.01. The van der Waals surface area contributed by atoms with Gasteiger partial charge in [0, 0.05) is 0 Å². The highest BCUT2D eigenvalue weighted by molar-refractivity contribution is 6.32. The van der Waals surface area contributed by atoms with Crippen LogP contribution in [0.25, 0.3) is 0 Å². The Kier molecular flexibility index (Phi) is 1.48. The lowest BCUT2D eigenvalue weighted by Crippen LogP contribution is -2.03. The lowest BCUT2D eigenvalue weighted by molar-refractivity contribution is 0.611. The number of hydrogen-bond donors (Lipinski definition) is 0. The summed E-state index contributed by atoms with van der Waals surface area (Å²) in [5, 5.41) is 0. The summed E-state index contributed by atoms with van der Waals surface area (Å²) in [4.78, 5) is 0. The van der Waals surface area contributed by atoms with Crippen LogP contribution in [0.1, 0.15) is 24.3 Å². The molecule has 0 aromatic heterocycles. The number of rotatable bonds is 1. The van der Waals surface area contributed by atoms with Crippen molar-refractivity contribution < 1.29 is 4.39 Å². The highest BCUT2D eigenvalue weighted by Gasteiger charge is 2.25. The molecule has 2 heteroatoms. The molecule has 0 nitrogen and oxygen atoms in total. The van der Waals surface area contributed by atoms with E-state index in [0.717, 1.165) is 18.4 Å². The molecular formula is C9H8BF. The van der Waals surface area contributed by atoms with E-state index in [1.807, 2.05) is 0 Å². The van der Waals surface area contributed by atoms with Crippen LogP contribution in [0.4, 0.5) is 4.39 Å². The predicted molar refractivity (Wildman–Crippen MR) is 43.8 cm³/mol. The molecule has 1 aliphatic rings. The van der Waals surface area contributed by atoms with Crippen LogP contribution in [-0.2, 0) is 0 Å². The largest absolute Gasteiger partial charge is 0.207 e. The minimum atomic E-state index is -0.110. The van der Waals surface area contributed by atoms with E-state index in [4.69, 9.17) is 7.85 Å². The molecule has 11 heavy (non-hydrogen) atoms. The van der Waals surface area contributed by atoms with E-state index in [0.29, 0.717) is 11.4 Å². The normalized spacial score (nSPS) is 16.8. The highest BCUT2D eigenvalue weighted by atomic mass is 19.1. The topological polar surface area (TPSA) is 0 Å². The second kappa shape index (κ2) is 2.37. The van der Waals surface area contributed by atoms with Gasteiger partial charge in [0.2, 0.25) is 0 Å². The molecule has 0 spiro atoms. The van der Waals surface area contributed by atoms with Gasteiger partial charge in [0.15, 0.2) is 0 Å². The molecule has 2 radical (unpaired) electrons.